The Morgan fingerprint density at radius 1 is 0.941 bits per heavy atom. The molecule has 5 aromatic rings. The van der Waals surface area contributed by atoms with E-state index in [4.69, 9.17) is 29.4 Å². The van der Waals surface area contributed by atoms with Crippen molar-refractivity contribution in [3.63, 3.8) is 0 Å². The molecule has 0 spiro atoms. The van der Waals surface area contributed by atoms with Gasteiger partial charge in [-0.05, 0) is 40.6 Å². The first-order chi connectivity index (χ1) is 24.7. The molecule has 0 amide bonds. The minimum atomic E-state index is -0.931. The average molecular weight is 714 g/mol. The largest absolute Gasteiger partial charge is 0.493 e. The number of esters is 2. The van der Waals surface area contributed by atoms with Gasteiger partial charge in [-0.25, -0.2) is 0 Å². The van der Waals surface area contributed by atoms with Crippen LogP contribution in [-0.4, -0.2) is 86.5 Å². The van der Waals surface area contributed by atoms with E-state index in [0.29, 0.717) is 42.7 Å². The molecule has 12 heteroatoms. The summed E-state index contributed by atoms with van der Waals surface area (Å²) in [4.78, 5) is 42.2. The number of hydrogen-bond donors (Lipinski definition) is 1. The number of aromatic nitrogens is 1. The van der Waals surface area contributed by atoms with Gasteiger partial charge in [-0.2, -0.15) is 0 Å². The fourth-order valence-corrected chi connectivity index (χ4v) is 7.47. The molecule has 1 aliphatic rings. The molecule has 0 saturated carbocycles. The molecule has 268 valence electrons. The van der Waals surface area contributed by atoms with Crippen molar-refractivity contribution in [3.05, 3.63) is 95.0 Å². The summed E-state index contributed by atoms with van der Waals surface area (Å²) in [6.07, 6.45) is -0.669. The lowest BCUT2D eigenvalue weighted by Gasteiger charge is -2.37. The van der Waals surface area contributed by atoms with Crippen LogP contribution < -0.4 is 15.2 Å². The van der Waals surface area contributed by atoms with E-state index in [-0.39, 0.29) is 37.7 Å². The first kappa shape index (κ1) is 36.1. The Morgan fingerprint density at radius 3 is 2.45 bits per heavy atom. The van der Waals surface area contributed by atoms with Crippen molar-refractivity contribution in [1.29, 1.82) is 0 Å². The molecular formula is C39H43N3O8S. The van der Waals surface area contributed by atoms with Crippen LogP contribution >= 0.6 is 11.3 Å². The van der Waals surface area contributed by atoms with Crippen molar-refractivity contribution in [2.24, 2.45) is 12.8 Å². The Morgan fingerprint density at radius 2 is 1.69 bits per heavy atom. The number of aryl methyl sites for hydroxylation is 1. The van der Waals surface area contributed by atoms with E-state index < -0.39 is 24.1 Å². The highest BCUT2D eigenvalue weighted by atomic mass is 32.1. The number of methoxy groups -OCH3 is 2. The summed E-state index contributed by atoms with van der Waals surface area (Å²) < 4.78 is 31.1. The Bertz CT molecular complexity index is 1950. The van der Waals surface area contributed by atoms with Gasteiger partial charge in [-0.15, -0.1) is 11.3 Å². The summed E-state index contributed by atoms with van der Waals surface area (Å²) in [7, 11) is 5.06. The SMILES string of the molecule is COc1cc2cc(C(=O)CCC(=O)OCC(CN3CCOCC3c3ccccc3)OC(=O)[C@@H](N)Cc3cc4ccccc4n3C)sc2cc1OC. The van der Waals surface area contributed by atoms with Gasteiger partial charge in [0.1, 0.15) is 18.8 Å². The van der Waals surface area contributed by atoms with Gasteiger partial charge < -0.3 is 34.0 Å². The molecular weight excluding hydrogens is 671 g/mol. The maximum absolute atomic E-state index is 13.4. The molecule has 2 aromatic heterocycles. The number of fused-ring (bicyclic) bond motifs is 2. The maximum atomic E-state index is 13.4. The second-order valence-corrected chi connectivity index (χ2v) is 13.7. The van der Waals surface area contributed by atoms with E-state index in [0.717, 1.165) is 32.2 Å². The quantitative estimate of drug-likeness (QED) is 0.110. The van der Waals surface area contributed by atoms with Crippen LogP contribution in [0.15, 0.2) is 78.9 Å². The van der Waals surface area contributed by atoms with E-state index in [1.54, 1.807) is 20.3 Å². The highest BCUT2D eigenvalue weighted by Crippen LogP contribution is 2.37. The number of carbonyl (C=O) groups is 3. The number of morpholine rings is 1. The number of ketones is 1. The number of benzene rings is 3. The van der Waals surface area contributed by atoms with Crippen LogP contribution in [0.5, 0.6) is 11.5 Å². The summed E-state index contributed by atoms with van der Waals surface area (Å²) in [6, 6.07) is 24.4. The molecule has 0 aliphatic carbocycles. The van der Waals surface area contributed by atoms with Crippen LogP contribution in [-0.2, 0) is 37.3 Å². The van der Waals surface area contributed by atoms with Crippen molar-refractivity contribution >= 4 is 50.0 Å². The summed E-state index contributed by atoms with van der Waals surface area (Å²) in [5.41, 5.74) is 9.44. The third kappa shape index (κ3) is 8.59. The zero-order chi connectivity index (χ0) is 35.9. The number of nitrogens with two attached hydrogens (primary N) is 1. The Balaban J connectivity index is 1.10. The van der Waals surface area contributed by atoms with Crippen LogP contribution in [0.3, 0.4) is 0 Å². The summed E-state index contributed by atoms with van der Waals surface area (Å²) >= 11 is 1.33. The van der Waals surface area contributed by atoms with Crippen LogP contribution in [0.4, 0.5) is 0 Å². The van der Waals surface area contributed by atoms with Crippen molar-refractivity contribution in [2.45, 2.75) is 37.5 Å². The monoisotopic (exact) mass is 713 g/mol. The highest BCUT2D eigenvalue weighted by Gasteiger charge is 2.30. The van der Waals surface area contributed by atoms with Gasteiger partial charge in [0.15, 0.2) is 17.3 Å². The molecule has 1 saturated heterocycles. The Hall–Kier alpha value is -4.75. The van der Waals surface area contributed by atoms with Gasteiger partial charge in [0, 0.05) is 55.0 Å². The molecule has 3 aromatic carbocycles. The molecule has 1 aliphatic heterocycles. The fraction of sp³-hybridized carbons (Fsp3) is 0.359. The van der Waals surface area contributed by atoms with Crippen molar-refractivity contribution in [1.82, 2.24) is 9.47 Å². The van der Waals surface area contributed by atoms with E-state index >= 15 is 0 Å². The summed E-state index contributed by atoms with van der Waals surface area (Å²) in [6.45, 7) is 1.72. The van der Waals surface area contributed by atoms with Gasteiger partial charge in [-0.1, -0.05) is 48.5 Å². The number of rotatable bonds is 15. The van der Waals surface area contributed by atoms with Crippen molar-refractivity contribution < 1.29 is 38.1 Å². The first-order valence-electron chi connectivity index (χ1n) is 16.9. The van der Waals surface area contributed by atoms with E-state index in [9.17, 15) is 14.4 Å². The van der Waals surface area contributed by atoms with E-state index in [1.807, 2.05) is 84.4 Å². The number of nitrogens with zero attached hydrogens (tertiary/aromatic N) is 2. The maximum Gasteiger partial charge on any atom is 0.323 e. The fourth-order valence-electron chi connectivity index (χ4n) is 6.43. The Labute approximate surface area is 300 Å². The van der Waals surface area contributed by atoms with Crippen LogP contribution in [0, 0.1) is 0 Å². The lowest BCUT2D eigenvalue weighted by molar-refractivity contribution is -0.162. The lowest BCUT2D eigenvalue weighted by Crippen LogP contribution is -2.47. The number of hydrogen-bond acceptors (Lipinski definition) is 11. The third-order valence-electron chi connectivity index (χ3n) is 9.21. The van der Waals surface area contributed by atoms with Gasteiger partial charge in [0.25, 0.3) is 0 Å². The second-order valence-electron chi connectivity index (χ2n) is 12.6. The molecule has 2 unspecified atom stereocenters. The number of ether oxygens (including phenoxy) is 5. The number of para-hydroxylation sites is 1. The molecule has 0 bridgehead atoms. The minimum absolute atomic E-state index is 0.0280. The van der Waals surface area contributed by atoms with Crippen molar-refractivity contribution in [2.75, 3.05) is 47.1 Å². The topological polar surface area (TPSA) is 132 Å². The van der Waals surface area contributed by atoms with Gasteiger partial charge in [0.2, 0.25) is 0 Å². The van der Waals surface area contributed by atoms with E-state index in [1.165, 1.54) is 11.3 Å². The number of thiophene rings is 1. The zero-order valence-corrected chi connectivity index (χ0v) is 29.9. The van der Waals surface area contributed by atoms with Crippen molar-refractivity contribution in [3.8, 4) is 11.5 Å². The first-order valence-corrected chi connectivity index (χ1v) is 17.8. The zero-order valence-electron chi connectivity index (χ0n) is 29.0. The predicted molar refractivity (Wildman–Crippen MR) is 196 cm³/mol. The molecule has 51 heavy (non-hydrogen) atoms. The molecule has 3 atom stereocenters. The van der Waals surface area contributed by atoms with Crippen LogP contribution in [0.2, 0.25) is 0 Å². The molecule has 3 heterocycles. The summed E-state index contributed by atoms with van der Waals surface area (Å²) in [5.74, 6) is -0.171. The number of Topliss-reactive ketones (excluding diaryl/α,β-unsaturated/α-hetero) is 1. The molecule has 2 N–H and O–H groups in total. The molecule has 0 radical (unpaired) electrons. The average Bonchev–Trinajstić information content (AvgIpc) is 3.72. The minimum Gasteiger partial charge on any atom is -0.493 e. The Kier molecular flexibility index (Phi) is 11.7. The molecule has 11 nitrogen and oxygen atoms in total. The van der Waals surface area contributed by atoms with Gasteiger partial charge >= 0.3 is 11.9 Å². The summed E-state index contributed by atoms with van der Waals surface area (Å²) in [5, 5.41) is 1.91. The van der Waals surface area contributed by atoms with E-state index in [2.05, 4.69) is 4.90 Å². The molecule has 6 rings (SSSR count). The second kappa shape index (κ2) is 16.5. The number of carbonyl (C=O) groups excluding carboxylic acids is 3. The normalized spacial score (nSPS) is 16.1. The van der Waals surface area contributed by atoms with Gasteiger partial charge in [-0.3, -0.25) is 19.3 Å². The standard InChI is InChI=1S/C39H43N3O8S/c1-41-28(17-26-11-7-8-12-31(26)41)20-30(40)39(45)50-29(22-42-15-16-48-24-32(42)25-9-5-4-6-10-25)23-49-38(44)14-13-33(43)37-19-27-18-34(46-2)35(47-3)21-36(27)51-37/h4-12,17-19,21,29-30,32H,13-16,20,22-24,40H2,1-3H3/t29?,30-,32?/m0/s1. The van der Waals surface area contributed by atoms with Gasteiger partial charge in [0.05, 0.1) is 44.8 Å². The predicted octanol–water partition coefficient (Wildman–Crippen LogP) is 5.47. The highest BCUT2D eigenvalue weighted by molar-refractivity contribution is 7.20. The smallest absolute Gasteiger partial charge is 0.323 e. The third-order valence-corrected chi connectivity index (χ3v) is 10.4. The van der Waals surface area contributed by atoms with Crippen LogP contribution in [0.1, 0.15) is 39.8 Å². The molecule has 1 fully saturated rings. The van der Waals surface area contributed by atoms with Crippen LogP contribution in [0.25, 0.3) is 21.0 Å². The lowest BCUT2D eigenvalue weighted by atomic mass is 10.0.